The van der Waals surface area contributed by atoms with Gasteiger partial charge in [0.05, 0.1) is 0 Å². The average Bonchev–Trinajstić information content (AvgIpc) is 2.03. The molecule has 0 unspecified atom stereocenters. The van der Waals surface area contributed by atoms with Crippen molar-refractivity contribution in [1.82, 2.24) is 4.90 Å². The first-order valence-electron chi connectivity index (χ1n) is 3.70. The lowest BCUT2D eigenvalue weighted by atomic mass is 10.3. The molecule has 0 atom stereocenters. The number of nitrogens with zero attached hydrogens (tertiary/aromatic N) is 2. The van der Waals surface area contributed by atoms with Gasteiger partial charge in [-0.3, -0.25) is 9.59 Å². The molecular formula is C8H16N2O3. The molecule has 0 radical (unpaired) electrons. The zero-order chi connectivity index (χ0) is 11.0. The van der Waals surface area contributed by atoms with Gasteiger partial charge in [0.15, 0.2) is 5.78 Å². The van der Waals surface area contributed by atoms with Crippen molar-refractivity contribution in [1.29, 1.82) is 0 Å². The molecule has 0 aliphatic rings. The van der Waals surface area contributed by atoms with Crippen molar-refractivity contribution < 1.29 is 14.8 Å². The molecule has 0 aromatic rings. The van der Waals surface area contributed by atoms with Gasteiger partial charge in [0, 0.05) is 27.9 Å². The minimum atomic E-state index is -0.206. The average molecular weight is 188 g/mol. The second-order valence-electron chi connectivity index (χ2n) is 2.66. The Morgan fingerprint density at radius 2 is 1.46 bits per heavy atom. The van der Waals surface area contributed by atoms with Gasteiger partial charge in [0.2, 0.25) is 5.91 Å². The Balaban J connectivity index is 0. The summed E-state index contributed by atoms with van der Waals surface area (Å²) in [4.78, 5) is 21.7. The zero-order valence-corrected chi connectivity index (χ0v) is 8.66. The van der Waals surface area contributed by atoms with Crippen molar-refractivity contribution in [3.63, 3.8) is 0 Å². The summed E-state index contributed by atoms with van der Waals surface area (Å²) < 4.78 is 0. The third-order valence-electron chi connectivity index (χ3n) is 1.29. The standard InChI is InChI=1S/C4H7NO2.C4H9NO/c1-3(5-7)4(2)6;1-4(6)5(2)3/h7H,1-2H3;1-3H3/b5-3-;. The highest BCUT2D eigenvalue weighted by atomic mass is 16.4. The molecule has 0 heterocycles. The first kappa shape index (κ1) is 14.2. The van der Waals surface area contributed by atoms with Crippen LogP contribution in [0.3, 0.4) is 0 Å². The third-order valence-corrected chi connectivity index (χ3v) is 1.29. The Bertz CT molecular complexity index is 209. The van der Waals surface area contributed by atoms with Gasteiger partial charge in [0.25, 0.3) is 0 Å². The predicted molar refractivity (Wildman–Crippen MR) is 49.9 cm³/mol. The highest BCUT2D eigenvalue weighted by molar-refractivity contribution is 6.37. The first-order valence-corrected chi connectivity index (χ1v) is 3.70. The fourth-order valence-electron chi connectivity index (χ4n) is 0.0704. The van der Waals surface area contributed by atoms with Crippen LogP contribution in [0, 0.1) is 0 Å². The van der Waals surface area contributed by atoms with Gasteiger partial charge in [-0.15, -0.1) is 0 Å². The van der Waals surface area contributed by atoms with E-state index in [1.54, 1.807) is 14.1 Å². The number of ketones is 1. The largest absolute Gasteiger partial charge is 0.411 e. The van der Waals surface area contributed by atoms with E-state index in [1.807, 2.05) is 0 Å². The van der Waals surface area contributed by atoms with Crippen molar-refractivity contribution in [2.45, 2.75) is 20.8 Å². The van der Waals surface area contributed by atoms with Crippen LogP contribution in [0.1, 0.15) is 20.8 Å². The number of carbonyl (C=O) groups excluding carboxylic acids is 2. The summed E-state index contributed by atoms with van der Waals surface area (Å²) >= 11 is 0. The molecule has 0 bridgehead atoms. The van der Waals surface area contributed by atoms with E-state index >= 15 is 0 Å². The van der Waals surface area contributed by atoms with Crippen molar-refractivity contribution >= 4 is 17.4 Å². The maximum Gasteiger partial charge on any atom is 0.218 e. The van der Waals surface area contributed by atoms with Crippen LogP contribution in [0.5, 0.6) is 0 Å². The lowest BCUT2D eigenvalue weighted by molar-refractivity contribution is -0.126. The molecule has 13 heavy (non-hydrogen) atoms. The van der Waals surface area contributed by atoms with E-state index in [1.165, 1.54) is 25.7 Å². The maximum absolute atomic E-state index is 10.1. The van der Waals surface area contributed by atoms with Gasteiger partial charge in [-0.05, 0) is 6.92 Å². The number of oxime groups is 1. The van der Waals surface area contributed by atoms with E-state index in [-0.39, 0.29) is 17.4 Å². The summed E-state index contributed by atoms with van der Waals surface area (Å²) in [5.41, 5.74) is 0.139. The molecule has 0 aliphatic carbocycles. The van der Waals surface area contributed by atoms with E-state index in [4.69, 9.17) is 5.21 Å². The molecule has 1 N–H and O–H groups in total. The Morgan fingerprint density at radius 1 is 1.15 bits per heavy atom. The Hall–Kier alpha value is -1.39. The molecule has 5 heteroatoms. The number of rotatable bonds is 1. The number of Topliss-reactive ketones (excluding diaryl/α,β-unsaturated/α-hetero) is 1. The molecule has 0 aromatic carbocycles. The molecule has 0 aliphatic heterocycles. The summed E-state index contributed by atoms with van der Waals surface area (Å²) in [6.07, 6.45) is 0. The van der Waals surface area contributed by atoms with Crippen LogP contribution >= 0.6 is 0 Å². The number of carbonyl (C=O) groups is 2. The van der Waals surface area contributed by atoms with Crippen LogP contribution < -0.4 is 0 Å². The van der Waals surface area contributed by atoms with Gasteiger partial charge in [0.1, 0.15) is 5.71 Å². The first-order chi connectivity index (χ1) is 5.82. The second kappa shape index (κ2) is 7.27. The van der Waals surface area contributed by atoms with Crippen LogP contribution in [0.4, 0.5) is 0 Å². The van der Waals surface area contributed by atoms with Crippen LogP contribution in [-0.4, -0.2) is 41.6 Å². The summed E-state index contributed by atoms with van der Waals surface area (Å²) in [6, 6.07) is 0. The predicted octanol–water partition coefficient (Wildman–Crippen LogP) is 0.520. The van der Waals surface area contributed by atoms with Gasteiger partial charge >= 0.3 is 0 Å². The smallest absolute Gasteiger partial charge is 0.218 e. The van der Waals surface area contributed by atoms with Crippen molar-refractivity contribution in [3.8, 4) is 0 Å². The third kappa shape index (κ3) is 10.6. The van der Waals surface area contributed by atoms with Crippen LogP contribution in [0.2, 0.25) is 0 Å². The van der Waals surface area contributed by atoms with E-state index < -0.39 is 0 Å². The fraction of sp³-hybridized carbons (Fsp3) is 0.625. The molecule has 5 nitrogen and oxygen atoms in total. The molecule has 76 valence electrons. The molecule has 0 rings (SSSR count). The molecule has 0 aromatic heterocycles. The molecular weight excluding hydrogens is 172 g/mol. The number of hydrogen-bond acceptors (Lipinski definition) is 4. The summed E-state index contributed by atoms with van der Waals surface area (Å²) in [7, 11) is 3.45. The van der Waals surface area contributed by atoms with E-state index in [2.05, 4.69) is 5.16 Å². The lowest BCUT2D eigenvalue weighted by Gasteiger charge is -2.02. The SMILES string of the molecule is CC(=O)/C(C)=N\O.CC(=O)N(C)C. The van der Waals surface area contributed by atoms with E-state index in [0.717, 1.165) is 0 Å². The Morgan fingerprint density at radius 3 is 1.46 bits per heavy atom. The van der Waals surface area contributed by atoms with E-state index in [0.29, 0.717) is 0 Å². The van der Waals surface area contributed by atoms with Crippen molar-refractivity contribution in [3.05, 3.63) is 0 Å². The highest BCUT2D eigenvalue weighted by Crippen LogP contribution is 1.73. The Kier molecular flexibility index (Phi) is 7.91. The summed E-state index contributed by atoms with van der Waals surface area (Å²) in [5.74, 6) is -0.113. The van der Waals surface area contributed by atoms with Gasteiger partial charge in [-0.25, -0.2) is 0 Å². The molecule has 1 amide bonds. The molecule has 0 saturated heterocycles. The lowest BCUT2D eigenvalue weighted by Crippen LogP contribution is -2.17. The Labute approximate surface area is 78.0 Å². The number of hydrogen-bond donors (Lipinski definition) is 1. The van der Waals surface area contributed by atoms with Crippen LogP contribution in [0.25, 0.3) is 0 Å². The van der Waals surface area contributed by atoms with Crippen molar-refractivity contribution in [2.75, 3.05) is 14.1 Å². The maximum atomic E-state index is 10.1. The fourth-order valence-corrected chi connectivity index (χ4v) is 0.0704. The van der Waals surface area contributed by atoms with Gasteiger partial charge in [-0.1, -0.05) is 5.16 Å². The van der Waals surface area contributed by atoms with Crippen LogP contribution in [0.15, 0.2) is 5.16 Å². The molecule has 0 saturated carbocycles. The zero-order valence-electron chi connectivity index (χ0n) is 8.66. The normalized spacial score (nSPS) is 9.77. The number of amides is 1. The van der Waals surface area contributed by atoms with E-state index in [9.17, 15) is 9.59 Å². The topological polar surface area (TPSA) is 70.0 Å². The summed E-state index contributed by atoms with van der Waals surface area (Å²) in [5, 5.41) is 10.5. The van der Waals surface area contributed by atoms with Gasteiger partial charge < -0.3 is 10.1 Å². The van der Waals surface area contributed by atoms with Crippen LogP contribution in [-0.2, 0) is 9.59 Å². The quantitative estimate of drug-likeness (QED) is 0.370. The molecule has 0 spiro atoms. The van der Waals surface area contributed by atoms with Gasteiger partial charge in [-0.2, -0.15) is 0 Å². The molecule has 0 fully saturated rings. The monoisotopic (exact) mass is 188 g/mol. The highest BCUT2D eigenvalue weighted by Gasteiger charge is 1.94. The van der Waals surface area contributed by atoms with Crippen molar-refractivity contribution in [2.24, 2.45) is 5.16 Å². The summed E-state index contributed by atoms with van der Waals surface area (Å²) in [6.45, 7) is 4.32. The minimum Gasteiger partial charge on any atom is -0.411 e. The second-order valence-corrected chi connectivity index (χ2v) is 2.66. The minimum absolute atomic E-state index is 0.0926.